The molecule has 126 valence electrons. The van der Waals surface area contributed by atoms with E-state index in [1.807, 2.05) is 0 Å². The van der Waals surface area contributed by atoms with Crippen LogP contribution in [0.25, 0.3) is 0 Å². The summed E-state index contributed by atoms with van der Waals surface area (Å²) in [6, 6.07) is 0. The fraction of sp³-hybridized carbons (Fsp3) is 0.867. The number of rotatable bonds is 6. The van der Waals surface area contributed by atoms with E-state index in [9.17, 15) is 9.59 Å². The molecule has 0 aromatic heterocycles. The highest BCUT2D eigenvalue weighted by molar-refractivity contribution is 5.80. The largest absolute Gasteiger partial charge is 0.481 e. The zero-order chi connectivity index (χ0) is 15.9. The predicted molar refractivity (Wildman–Crippen MR) is 77.6 cm³/mol. The Hall–Kier alpha value is -1.18. The van der Waals surface area contributed by atoms with Crippen LogP contribution in [0.15, 0.2) is 0 Å². The number of carbonyl (C=O) groups is 2. The molecular formula is C15H25NO6. The molecule has 2 aliphatic heterocycles. The van der Waals surface area contributed by atoms with Gasteiger partial charge in [-0.05, 0) is 26.2 Å². The number of carboxylic acid groups (broad SMARTS) is 1. The van der Waals surface area contributed by atoms with Crippen LogP contribution in [0.5, 0.6) is 0 Å². The monoisotopic (exact) mass is 315 g/mol. The molecule has 0 aliphatic carbocycles. The maximum Gasteiger partial charge on any atom is 0.306 e. The SMILES string of the molecule is C[C@H](OC[C@@H]1CCCCO1)C(=O)N1CCO[C@@H](CC(=O)O)C1. The third-order valence-corrected chi connectivity index (χ3v) is 4.01. The van der Waals surface area contributed by atoms with Crippen LogP contribution in [0.2, 0.25) is 0 Å². The number of amides is 1. The lowest BCUT2D eigenvalue weighted by molar-refractivity contribution is -0.156. The second-order valence-corrected chi connectivity index (χ2v) is 5.84. The summed E-state index contributed by atoms with van der Waals surface area (Å²) in [5, 5.41) is 8.81. The molecule has 2 saturated heterocycles. The zero-order valence-corrected chi connectivity index (χ0v) is 13.0. The van der Waals surface area contributed by atoms with E-state index >= 15 is 0 Å². The third-order valence-electron chi connectivity index (χ3n) is 4.01. The highest BCUT2D eigenvalue weighted by Gasteiger charge is 2.29. The Kier molecular flexibility index (Phi) is 6.60. The summed E-state index contributed by atoms with van der Waals surface area (Å²) >= 11 is 0. The maximum absolute atomic E-state index is 12.4. The molecule has 2 heterocycles. The fourth-order valence-electron chi connectivity index (χ4n) is 2.76. The minimum absolute atomic E-state index is 0.0773. The smallest absolute Gasteiger partial charge is 0.306 e. The standard InChI is InChI=1S/C15H25NO6/c1-11(22-10-12-4-2-3-6-20-12)15(19)16-5-7-21-13(9-16)8-14(17)18/h11-13H,2-10H2,1H3,(H,17,18)/t11-,12-,13-/m0/s1. The lowest BCUT2D eigenvalue weighted by atomic mass is 10.1. The first kappa shape index (κ1) is 17.2. The van der Waals surface area contributed by atoms with E-state index in [-0.39, 0.29) is 18.4 Å². The summed E-state index contributed by atoms with van der Waals surface area (Å²) < 4.78 is 16.6. The van der Waals surface area contributed by atoms with E-state index in [1.165, 1.54) is 0 Å². The summed E-state index contributed by atoms with van der Waals surface area (Å²) in [4.78, 5) is 24.7. The Bertz CT molecular complexity index is 382. The molecule has 2 fully saturated rings. The Labute approximate surface area is 130 Å². The van der Waals surface area contributed by atoms with Crippen molar-refractivity contribution in [2.75, 3.05) is 32.9 Å². The molecular weight excluding hydrogens is 290 g/mol. The second kappa shape index (κ2) is 8.45. The van der Waals surface area contributed by atoms with Crippen molar-refractivity contribution in [3.63, 3.8) is 0 Å². The maximum atomic E-state index is 12.4. The van der Waals surface area contributed by atoms with E-state index in [0.717, 1.165) is 25.9 Å². The van der Waals surface area contributed by atoms with E-state index in [1.54, 1.807) is 11.8 Å². The van der Waals surface area contributed by atoms with Gasteiger partial charge < -0.3 is 24.2 Å². The van der Waals surface area contributed by atoms with Gasteiger partial charge in [-0.3, -0.25) is 9.59 Å². The van der Waals surface area contributed by atoms with Crippen LogP contribution in [-0.2, 0) is 23.8 Å². The average Bonchev–Trinajstić information content (AvgIpc) is 2.52. The predicted octanol–water partition coefficient (Wildman–Crippen LogP) is 0.663. The van der Waals surface area contributed by atoms with Crippen LogP contribution in [0.4, 0.5) is 0 Å². The number of aliphatic carboxylic acids is 1. The van der Waals surface area contributed by atoms with Crippen LogP contribution in [0, 0.1) is 0 Å². The van der Waals surface area contributed by atoms with Gasteiger partial charge in [0.15, 0.2) is 0 Å². The van der Waals surface area contributed by atoms with Crippen LogP contribution < -0.4 is 0 Å². The molecule has 0 aromatic carbocycles. The van der Waals surface area contributed by atoms with Crippen molar-refractivity contribution in [1.29, 1.82) is 0 Å². The minimum Gasteiger partial charge on any atom is -0.481 e. The molecule has 0 saturated carbocycles. The van der Waals surface area contributed by atoms with Gasteiger partial charge in [-0.25, -0.2) is 0 Å². The van der Waals surface area contributed by atoms with E-state index in [2.05, 4.69) is 0 Å². The lowest BCUT2D eigenvalue weighted by Gasteiger charge is -2.34. The number of carbonyl (C=O) groups excluding carboxylic acids is 1. The quantitative estimate of drug-likeness (QED) is 0.775. The van der Waals surface area contributed by atoms with Crippen molar-refractivity contribution >= 4 is 11.9 Å². The number of carboxylic acids is 1. The van der Waals surface area contributed by atoms with Gasteiger partial charge in [-0.2, -0.15) is 0 Å². The molecule has 22 heavy (non-hydrogen) atoms. The van der Waals surface area contributed by atoms with Crippen LogP contribution in [0.1, 0.15) is 32.6 Å². The Balaban J connectivity index is 1.75. The van der Waals surface area contributed by atoms with Gasteiger partial charge in [0.2, 0.25) is 0 Å². The number of hydrogen-bond acceptors (Lipinski definition) is 5. The van der Waals surface area contributed by atoms with E-state index in [0.29, 0.717) is 26.3 Å². The molecule has 1 amide bonds. The second-order valence-electron chi connectivity index (χ2n) is 5.84. The third kappa shape index (κ3) is 5.23. The van der Waals surface area contributed by atoms with Crippen molar-refractivity contribution in [3.05, 3.63) is 0 Å². The van der Waals surface area contributed by atoms with Crippen LogP contribution in [-0.4, -0.2) is 73.1 Å². The van der Waals surface area contributed by atoms with Gasteiger partial charge in [0.25, 0.3) is 5.91 Å². The zero-order valence-electron chi connectivity index (χ0n) is 13.0. The summed E-state index contributed by atoms with van der Waals surface area (Å²) in [6.07, 6.45) is 2.20. The molecule has 7 nitrogen and oxygen atoms in total. The van der Waals surface area contributed by atoms with Gasteiger partial charge >= 0.3 is 5.97 Å². The van der Waals surface area contributed by atoms with Crippen molar-refractivity contribution in [3.8, 4) is 0 Å². The summed E-state index contributed by atoms with van der Waals surface area (Å²) in [7, 11) is 0. The summed E-state index contributed by atoms with van der Waals surface area (Å²) in [5.41, 5.74) is 0. The molecule has 7 heteroatoms. The van der Waals surface area contributed by atoms with Gasteiger partial charge in [0.05, 0.1) is 31.8 Å². The number of nitrogens with zero attached hydrogens (tertiary/aromatic N) is 1. The first-order chi connectivity index (χ1) is 10.6. The molecule has 1 N–H and O–H groups in total. The summed E-state index contributed by atoms with van der Waals surface area (Å²) in [6.45, 7) is 4.06. The van der Waals surface area contributed by atoms with Crippen molar-refractivity contribution in [1.82, 2.24) is 4.90 Å². The Morgan fingerprint density at radius 3 is 2.73 bits per heavy atom. The van der Waals surface area contributed by atoms with Gasteiger partial charge in [0, 0.05) is 19.7 Å². The van der Waals surface area contributed by atoms with Crippen LogP contribution >= 0.6 is 0 Å². The van der Waals surface area contributed by atoms with Crippen molar-refractivity contribution in [2.24, 2.45) is 0 Å². The van der Waals surface area contributed by atoms with E-state index < -0.39 is 18.2 Å². The molecule has 0 spiro atoms. The fourth-order valence-corrected chi connectivity index (χ4v) is 2.76. The van der Waals surface area contributed by atoms with Gasteiger partial charge in [0.1, 0.15) is 6.10 Å². The molecule has 2 rings (SSSR count). The lowest BCUT2D eigenvalue weighted by Crippen LogP contribution is -2.50. The number of morpholine rings is 1. The Morgan fingerprint density at radius 1 is 1.27 bits per heavy atom. The minimum atomic E-state index is -0.918. The molecule has 0 radical (unpaired) electrons. The number of hydrogen-bond donors (Lipinski definition) is 1. The summed E-state index contributed by atoms with van der Waals surface area (Å²) in [5.74, 6) is -1.03. The van der Waals surface area contributed by atoms with Crippen molar-refractivity contribution < 1.29 is 28.9 Å². The highest BCUT2D eigenvalue weighted by atomic mass is 16.5. The van der Waals surface area contributed by atoms with Crippen LogP contribution in [0.3, 0.4) is 0 Å². The number of ether oxygens (including phenoxy) is 3. The molecule has 0 bridgehead atoms. The van der Waals surface area contributed by atoms with E-state index in [4.69, 9.17) is 19.3 Å². The van der Waals surface area contributed by atoms with Gasteiger partial charge in [-0.1, -0.05) is 0 Å². The molecule has 2 aliphatic rings. The normalized spacial score (nSPS) is 27.4. The average molecular weight is 315 g/mol. The topological polar surface area (TPSA) is 85.3 Å². The first-order valence-corrected chi connectivity index (χ1v) is 7.91. The Morgan fingerprint density at radius 2 is 2.05 bits per heavy atom. The molecule has 0 unspecified atom stereocenters. The molecule has 3 atom stereocenters. The molecule has 0 aromatic rings. The highest BCUT2D eigenvalue weighted by Crippen LogP contribution is 2.15. The van der Waals surface area contributed by atoms with Gasteiger partial charge in [-0.15, -0.1) is 0 Å². The van der Waals surface area contributed by atoms with Crippen molar-refractivity contribution in [2.45, 2.75) is 50.9 Å². The first-order valence-electron chi connectivity index (χ1n) is 7.91.